The highest BCUT2D eigenvalue weighted by molar-refractivity contribution is 7.14. The van der Waals surface area contributed by atoms with E-state index >= 15 is 0 Å². The fraction of sp³-hybridized carbons (Fsp3) is 0.158. The third-order valence-corrected chi connectivity index (χ3v) is 4.39. The van der Waals surface area contributed by atoms with E-state index in [9.17, 15) is 18.0 Å². The number of anilines is 2. The van der Waals surface area contributed by atoms with Crippen LogP contribution in [0.2, 0.25) is 0 Å². The molecule has 0 saturated carbocycles. The molecule has 0 aliphatic carbocycles. The summed E-state index contributed by atoms with van der Waals surface area (Å²) in [5.41, 5.74) is 0.724. The lowest BCUT2D eigenvalue weighted by Crippen LogP contribution is -2.19. The normalized spacial score (nSPS) is 11.1. The molecule has 0 saturated heterocycles. The molecule has 28 heavy (non-hydrogen) atoms. The highest BCUT2D eigenvalue weighted by Crippen LogP contribution is 2.31. The maximum absolute atomic E-state index is 12.7. The van der Waals surface area contributed by atoms with Crippen LogP contribution >= 0.6 is 11.3 Å². The van der Waals surface area contributed by atoms with Crippen LogP contribution in [0.25, 0.3) is 11.3 Å². The average molecular weight is 407 g/mol. The lowest BCUT2D eigenvalue weighted by atomic mass is 10.2. The second-order valence-electron chi connectivity index (χ2n) is 5.65. The molecule has 3 rings (SSSR count). The number of halogens is 3. The molecule has 2 N–H and O–H groups in total. The number of hydrogen-bond acceptors (Lipinski definition) is 4. The Morgan fingerprint density at radius 1 is 1.14 bits per heavy atom. The first-order valence-corrected chi connectivity index (χ1v) is 9.17. The first-order valence-electron chi connectivity index (χ1n) is 8.29. The molecule has 146 valence electrons. The van der Waals surface area contributed by atoms with Crippen LogP contribution in [-0.2, 0) is 6.18 Å². The van der Waals surface area contributed by atoms with Gasteiger partial charge in [-0.05, 0) is 49.4 Å². The number of carbonyl (C=O) groups is 1. The molecule has 5 nitrogen and oxygen atoms in total. The Bertz CT molecular complexity index is 956. The van der Waals surface area contributed by atoms with E-state index in [2.05, 4.69) is 15.6 Å². The van der Waals surface area contributed by atoms with Gasteiger partial charge in [-0.15, -0.1) is 11.3 Å². The first kappa shape index (κ1) is 19.7. The number of nitrogens with zero attached hydrogens (tertiary/aromatic N) is 1. The minimum atomic E-state index is -4.48. The summed E-state index contributed by atoms with van der Waals surface area (Å²) in [6.07, 6.45) is -4.48. The summed E-state index contributed by atoms with van der Waals surface area (Å²) in [4.78, 5) is 16.4. The molecule has 2 amide bonds. The summed E-state index contributed by atoms with van der Waals surface area (Å²) in [6.45, 7) is 2.47. The standard InChI is InChI=1S/C19H16F3N3O2S/c1-2-27-15-8-6-12(7-9-15)16-11-28-18(24-16)25-17(26)23-14-5-3-4-13(10-14)19(20,21)22/h3-11H,2H2,1H3,(H2,23,24,25,26). The molecule has 0 radical (unpaired) electrons. The topological polar surface area (TPSA) is 63.2 Å². The van der Waals surface area contributed by atoms with Gasteiger partial charge in [-0.2, -0.15) is 13.2 Å². The van der Waals surface area contributed by atoms with Gasteiger partial charge in [0.15, 0.2) is 5.13 Å². The third-order valence-electron chi connectivity index (χ3n) is 3.63. The van der Waals surface area contributed by atoms with Crippen LogP contribution in [0.5, 0.6) is 5.75 Å². The summed E-state index contributed by atoms with van der Waals surface area (Å²) < 4.78 is 43.6. The van der Waals surface area contributed by atoms with Gasteiger partial charge >= 0.3 is 12.2 Å². The Labute approximate surface area is 163 Å². The van der Waals surface area contributed by atoms with Crippen molar-refractivity contribution in [1.29, 1.82) is 0 Å². The van der Waals surface area contributed by atoms with Gasteiger partial charge in [0.2, 0.25) is 0 Å². The predicted molar refractivity (Wildman–Crippen MR) is 103 cm³/mol. The molecule has 0 aliphatic heterocycles. The minimum absolute atomic E-state index is 0.0376. The van der Waals surface area contributed by atoms with Crippen LogP contribution in [0, 0.1) is 0 Å². The van der Waals surface area contributed by atoms with Gasteiger partial charge in [0, 0.05) is 16.6 Å². The summed E-state index contributed by atoms with van der Waals surface area (Å²) in [5, 5.41) is 7.00. The predicted octanol–water partition coefficient (Wildman–Crippen LogP) is 5.87. The number of aromatic nitrogens is 1. The Morgan fingerprint density at radius 3 is 2.57 bits per heavy atom. The molecular formula is C19H16F3N3O2S. The molecule has 9 heteroatoms. The van der Waals surface area contributed by atoms with Crippen molar-refractivity contribution < 1.29 is 22.7 Å². The average Bonchev–Trinajstić information content (AvgIpc) is 3.10. The van der Waals surface area contributed by atoms with Crippen LogP contribution in [0.1, 0.15) is 12.5 Å². The Morgan fingerprint density at radius 2 is 1.89 bits per heavy atom. The minimum Gasteiger partial charge on any atom is -0.494 e. The fourth-order valence-corrected chi connectivity index (χ4v) is 3.10. The zero-order valence-corrected chi connectivity index (χ0v) is 15.5. The summed E-state index contributed by atoms with van der Waals surface area (Å²) >= 11 is 1.21. The molecule has 0 spiro atoms. The SMILES string of the molecule is CCOc1ccc(-c2csc(NC(=O)Nc3cccc(C(F)(F)F)c3)n2)cc1. The number of amides is 2. The van der Waals surface area contributed by atoms with E-state index in [1.807, 2.05) is 31.2 Å². The molecule has 0 fully saturated rings. The van der Waals surface area contributed by atoms with Crippen molar-refractivity contribution >= 4 is 28.2 Å². The number of carbonyl (C=O) groups excluding carboxylic acids is 1. The van der Waals surface area contributed by atoms with Gasteiger partial charge in [0.1, 0.15) is 5.75 Å². The molecule has 0 atom stereocenters. The van der Waals surface area contributed by atoms with Crippen LogP contribution in [-0.4, -0.2) is 17.6 Å². The van der Waals surface area contributed by atoms with E-state index in [0.29, 0.717) is 17.4 Å². The van der Waals surface area contributed by atoms with Crippen LogP contribution in [0.3, 0.4) is 0 Å². The van der Waals surface area contributed by atoms with Gasteiger partial charge in [-0.25, -0.2) is 9.78 Å². The molecule has 1 heterocycles. The van der Waals surface area contributed by atoms with Crippen molar-refractivity contribution in [3.8, 4) is 17.0 Å². The molecule has 2 aromatic carbocycles. The summed E-state index contributed by atoms with van der Waals surface area (Å²) in [5.74, 6) is 0.750. The number of ether oxygens (including phenoxy) is 1. The molecule has 3 aromatic rings. The van der Waals surface area contributed by atoms with Gasteiger partial charge in [-0.3, -0.25) is 5.32 Å². The van der Waals surface area contributed by atoms with Gasteiger partial charge < -0.3 is 10.1 Å². The maximum Gasteiger partial charge on any atom is 0.416 e. The van der Waals surface area contributed by atoms with E-state index in [0.717, 1.165) is 23.4 Å². The smallest absolute Gasteiger partial charge is 0.416 e. The number of benzene rings is 2. The third kappa shape index (κ3) is 5.01. The van der Waals surface area contributed by atoms with E-state index in [-0.39, 0.29) is 5.69 Å². The van der Waals surface area contributed by atoms with Crippen molar-refractivity contribution in [2.45, 2.75) is 13.1 Å². The largest absolute Gasteiger partial charge is 0.494 e. The number of thiazole rings is 1. The number of nitrogens with one attached hydrogen (secondary N) is 2. The molecule has 1 aromatic heterocycles. The van der Waals surface area contributed by atoms with Gasteiger partial charge in [-0.1, -0.05) is 6.07 Å². The Hall–Kier alpha value is -3.07. The monoisotopic (exact) mass is 407 g/mol. The number of urea groups is 1. The Balaban J connectivity index is 1.64. The second-order valence-corrected chi connectivity index (χ2v) is 6.51. The van der Waals surface area contributed by atoms with Gasteiger partial charge in [0.05, 0.1) is 17.9 Å². The number of alkyl halides is 3. The van der Waals surface area contributed by atoms with Crippen molar-refractivity contribution in [2.75, 3.05) is 17.2 Å². The number of hydrogen-bond donors (Lipinski definition) is 2. The van der Waals surface area contributed by atoms with E-state index < -0.39 is 17.8 Å². The lowest BCUT2D eigenvalue weighted by molar-refractivity contribution is -0.137. The molecule has 0 bridgehead atoms. The van der Waals surface area contributed by atoms with Crippen molar-refractivity contribution in [1.82, 2.24) is 4.98 Å². The quantitative estimate of drug-likeness (QED) is 0.556. The van der Waals surface area contributed by atoms with Crippen molar-refractivity contribution in [3.05, 3.63) is 59.5 Å². The molecule has 0 unspecified atom stereocenters. The van der Waals surface area contributed by atoms with Gasteiger partial charge in [0.25, 0.3) is 0 Å². The highest BCUT2D eigenvalue weighted by Gasteiger charge is 2.30. The van der Waals surface area contributed by atoms with E-state index in [4.69, 9.17) is 4.74 Å². The van der Waals surface area contributed by atoms with E-state index in [1.54, 1.807) is 5.38 Å². The summed E-state index contributed by atoms with van der Waals surface area (Å²) in [7, 11) is 0. The van der Waals surface area contributed by atoms with Crippen LogP contribution < -0.4 is 15.4 Å². The zero-order chi connectivity index (χ0) is 20.1. The van der Waals surface area contributed by atoms with Crippen LogP contribution in [0.4, 0.5) is 28.8 Å². The fourth-order valence-electron chi connectivity index (χ4n) is 2.39. The zero-order valence-electron chi connectivity index (χ0n) is 14.7. The maximum atomic E-state index is 12.7. The first-order chi connectivity index (χ1) is 13.3. The lowest BCUT2D eigenvalue weighted by Gasteiger charge is -2.09. The van der Waals surface area contributed by atoms with Crippen molar-refractivity contribution in [3.63, 3.8) is 0 Å². The molecular weight excluding hydrogens is 391 g/mol. The number of rotatable bonds is 5. The van der Waals surface area contributed by atoms with Crippen molar-refractivity contribution in [2.24, 2.45) is 0 Å². The highest BCUT2D eigenvalue weighted by atomic mass is 32.1. The van der Waals surface area contributed by atoms with E-state index in [1.165, 1.54) is 23.5 Å². The Kier molecular flexibility index (Phi) is 5.84. The second kappa shape index (κ2) is 8.30. The summed E-state index contributed by atoms with van der Waals surface area (Å²) in [6, 6.07) is 11.1. The van der Waals surface area contributed by atoms with Crippen LogP contribution in [0.15, 0.2) is 53.9 Å². The molecule has 0 aliphatic rings.